The number of carbonyl (C=O) groups is 2. The predicted molar refractivity (Wildman–Crippen MR) is 171 cm³/mol. The van der Waals surface area contributed by atoms with Crippen LogP contribution in [0.2, 0.25) is 0 Å². The van der Waals surface area contributed by atoms with Crippen LogP contribution in [-0.4, -0.2) is 56.6 Å². The van der Waals surface area contributed by atoms with Gasteiger partial charge in [0.15, 0.2) is 5.82 Å². The van der Waals surface area contributed by atoms with Gasteiger partial charge >= 0.3 is 5.97 Å². The number of benzene rings is 3. The van der Waals surface area contributed by atoms with Crippen LogP contribution in [0.3, 0.4) is 0 Å². The van der Waals surface area contributed by atoms with Gasteiger partial charge in [0, 0.05) is 54.3 Å². The summed E-state index contributed by atoms with van der Waals surface area (Å²) in [7, 11) is 3.67. The van der Waals surface area contributed by atoms with Gasteiger partial charge in [-0.2, -0.15) is 0 Å². The first kappa shape index (κ1) is 26.7. The van der Waals surface area contributed by atoms with Gasteiger partial charge in [0.05, 0.1) is 23.9 Å². The third-order valence-corrected chi connectivity index (χ3v) is 10.6. The minimum atomic E-state index is -0.252. The highest BCUT2D eigenvalue weighted by molar-refractivity contribution is 6.01. The number of ether oxygens (including phenoxy) is 2. The molecule has 3 aromatic carbocycles. The normalized spacial score (nSPS) is 22.1. The number of cyclic esters (lactones) is 1. The molecular weight excluding hydrogens is 566 g/mol. The molecule has 2 saturated carbocycles. The Morgan fingerprint density at radius 2 is 1.87 bits per heavy atom. The number of imidazole rings is 1. The molecule has 0 radical (unpaired) electrons. The van der Waals surface area contributed by atoms with Gasteiger partial charge < -0.3 is 29.2 Å². The molecule has 1 amide bonds. The van der Waals surface area contributed by atoms with Crippen molar-refractivity contribution in [3.63, 3.8) is 0 Å². The molecule has 2 aliphatic heterocycles. The largest absolute Gasteiger partial charge is 0.494 e. The highest BCUT2D eigenvalue weighted by Gasteiger charge is 2.47. The van der Waals surface area contributed by atoms with Crippen molar-refractivity contribution in [2.24, 2.45) is 24.6 Å². The summed E-state index contributed by atoms with van der Waals surface area (Å²) in [4.78, 5) is 32.8. The van der Waals surface area contributed by atoms with Crippen molar-refractivity contribution in [3.8, 4) is 28.4 Å². The van der Waals surface area contributed by atoms with Crippen LogP contribution in [0.4, 0.5) is 0 Å². The minimum Gasteiger partial charge on any atom is -0.494 e. The molecule has 2 unspecified atom stereocenters. The first-order valence-electron chi connectivity index (χ1n) is 15.9. The zero-order chi connectivity index (χ0) is 30.6. The lowest BCUT2D eigenvalue weighted by molar-refractivity contribution is 0.0534. The van der Waals surface area contributed by atoms with E-state index in [0.29, 0.717) is 35.3 Å². The van der Waals surface area contributed by atoms with Gasteiger partial charge in [-0.05, 0) is 85.0 Å². The number of aromatic nitrogens is 3. The zero-order valence-corrected chi connectivity index (χ0v) is 25.5. The fraction of sp³-hybridized carbons (Fsp3) is 0.361. The standard InChI is InChI=1S/C36H35N5O4/c1-39-33-27(12-24(15-31(33)44-2)35(42)41-17-23-8-10-28(41)32(23)37)38-34(39)30-14-22-6-5-21(13-29(22)40(30)16-19-3-4-19)20-7-9-26-25(11-20)18-45-36(26)43/h5-7,9,11-15,19,23,28,32H,3-4,8,10,16-18,37H2,1-2H3/t23?,28?,32-/m1/s1. The van der Waals surface area contributed by atoms with Crippen molar-refractivity contribution in [2.45, 2.75) is 50.9 Å². The molecule has 9 rings (SSSR count). The van der Waals surface area contributed by atoms with Crippen molar-refractivity contribution >= 4 is 33.8 Å². The van der Waals surface area contributed by atoms with Gasteiger partial charge in [-0.25, -0.2) is 9.78 Å². The van der Waals surface area contributed by atoms with Crippen LogP contribution in [0.1, 0.15) is 52.0 Å². The van der Waals surface area contributed by atoms with Crippen LogP contribution in [0.5, 0.6) is 5.75 Å². The number of hydrogen-bond acceptors (Lipinski definition) is 6. The van der Waals surface area contributed by atoms with E-state index in [2.05, 4.69) is 39.5 Å². The summed E-state index contributed by atoms with van der Waals surface area (Å²) in [5.41, 5.74) is 14.5. The topological polar surface area (TPSA) is 105 Å². The summed E-state index contributed by atoms with van der Waals surface area (Å²) in [5.74, 6) is 2.25. The van der Waals surface area contributed by atoms with Crippen LogP contribution in [-0.2, 0) is 24.9 Å². The molecule has 2 aromatic heterocycles. The number of rotatable bonds is 6. The van der Waals surface area contributed by atoms with E-state index in [-0.39, 0.29) is 24.0 Å². The molecule has 2 bridgehead atoms. The number of amides is 1. The van der Waals surface area contributed by atoms with Crippen molar-refractivity contribution in [3.05, 3.63) is 71.3 Å². The molecule has 2 aliphatic carbocycles. The maximum Gasteiger partial charge on any atom is 0.338 e. The smallest absolute Gasteiger partial charge is 0.338 e. The van der Waals surface area contributed by atoms with Crippen molar-refractivity contribution in [2.75, 3.05) is 13.7 Å². The third kappa shape index (κ3) is 4.06. The second-order valence-corrected chi connectivity index (χ2v) is 13.3. The number of nitrogens with zero attached hydrogens (tertiary/aromatic N) is 4. The van der Waals surface area contributed by atoms with Crippen LogP contribution in [0.15, 0.2) is 54.6 Å². The van der Waals surface area contributed by atoms with Gasteiger partial charge in [0.2, 0.25) is 0 Å². The van der Waals surface area contributed by atoms with Crippen LogP contribution in [0.25, 0.3) is 44.6 Å². The number of fused-ring (bicyclic) bond motifs is 5. The molecule has 9 heteroatoms. The van der Waals surface area contributed by atoms with Gasteiger partial charge in [-0.3, -0.25) is 4.79 Å². The maximum atomic E-state index is 13.7. The second-order valence-electron chi connectivity index (χ2n) is 13.3. The van der Waals surface area contributed by atoms with E-state index >= 15 is 0 Å². The van der Waals surface area contributed by atoms with Crippen LogP contribution >= 0.6 is 0 Å². The third-order valence-electron chi connectivity index (χ3n) is 10.6. The lowest BCUT2D eigenvalue weighted by Gasteiger charge is -2.27. The fourth-order valence-corrected chi connectivity index (χ4v) is 7.95. The summed E-state index contributed by atoms with van der Waals surface area (Å²) in [5, 5.41) is 1.14. The van der Waals surface area contributed by atoms with E-state index < -0.39 is 0 Å². The first-order chi connectivity index (χ1) is 21.9. The monoisotopic (exact) mass is 601 g/mol. The summed E-state index contributed by atoms with van der Waals surface area (Å²) in [6, 6.07) is 18.6. The zero-order valence-electron chi connectivity index (χ0n) is 25.5. The highest BCUT2D eigenvalue weighted by Crippen LogP contribution is 2.41. The number of methoxy groups -OCH3 is 1. The van der Waals surface area contributed by atoms with E-state index in [1.54, 1.807) is 7.11 Å². The quantitative estimate of drug-likeness (QED) is 0.257. The molecule has 9 nitrogen and oxygen atoms in total. The molecule has 0 spiro atoms. The van der Waals surface area contributed by atoms with Crippen molar-refractivity contribution in [1.82, 2.24) is 19.0 Å². The number of likely N-dealkylation sites (tertiary alicyclic amines) is 1. The number of aryl methyl sites for hydroxylation is 1. The van der Waals surface area contributed by atoms with E-state index in [0.717, 1.165) is 76.1 Å². The van der Waals surface area contributed by atoms with E-state index in [9.17, 15) is 9.59 Å². The van der Waals surface area contributed by atoms with Crippen LogP contribution in [0, 0.1) is 11.8 Å². The molecule has 1 saturated heterocycles. The van der Waals surface area contributed by atoms with Gasteiger partial charge in [-0.15, -0.1) is 0 Å². The minimum absolute atomic E-state index is 0.00270. The molecule has 3 fully saturated rings. The Balaban J connectivity index is 1.15. The molecule has 5 aromatic rings. The average molecular weight is 602 g/mol. The Bertz CT molecular complexity index is 2070. The number of nitrogens with two attached hydrogens (primary N) is 1. The Morgan fingerprint density at radius 1 is 1.04 bits per heavy atom. The van der Waals surface area contributed by atoms with Gasteiger partial charge in [0.1, 0.15) is 17.9 Å². The summed E-state index contributed by atoms with van der Waals surface area (Å²) in [6.07, 6.45) is 4.52. The average Bonchev–Trinajstić information content (AvgIpc) is 3.26. The number of carbonyl (C=O) groups excluding carboxylic acids is 2. The molecular formula is C36H35N5O4. The van der Waals surface area contributed by atoms with E-state index in [1.165, 1.54) is 12.8 Å². The maximum absolute atomic E-state index is 13.7. The summed E-state index contributed by atoms with van der Waals surface area (Å²) < 4.78 is 15.6. The number of hydrogen-bond donors (Lipinski definition) is 1. The summed E-state index contributed by atoms with van der Waals surface area (Å²) >= 11 is 0. The first-order valence-corrected chi connectivity index (χ1v) is 15.9. The molecule has 4 aliphatic rings. The number of esters is 1. The van der Waals surface area contributed by atoms with Crippen molar-refractivity contribution < 1.29 is 19.1 Å². The van der Waals surface area contributed by atoms with Crippen LogP contribution < -0.4 is 10.5 Å². The lowest BCUT2D eigenvalue weighted by atomic mass is 9.99. The second kappa shape index (κ2) is 9.68. The predicted octanol–water partition coefficient (Wildman–Crippen LogP) is 5.51. The van der Waals surface area contributed by atoms with Gasteiger partial charge in [-0.1, -0.05) is 18.2 Å². The Morgan fingerprint density at radius 3 is 2.62 bits per heavy atom. The highest BCUT2D eigenvalue weighted by atomic mass is 16.5. The molecule has 4 heterocycles. The Hall–Kier alpha value is -4.63. The van der Waals surface area contributed by atoms with E-state index in [4.69, 9.17) is 20.2 Å². The molecule has 3 atom stereocenters. The molecule has 45 heavy (non-hydrogen) atoms. The number of piperidine rings is 1. The van der Waals surface area contributed by atoms with E-state index in [1.807, 2.05) is 36.2 Å². The van der Waals surface area contributed by atoms with Crippen molar-refractivity contribution in [1.29, 1.82) is 0 Å². The summed E-state index contributed by atoms with van der Waals surface area (Å²) in [6.45, 7) is 1.96. The molecule has 228 valence electrons. The Labute approximate surface area is 260 Å². The fourth-order valence-electron chi connectivity index (χ4n) is 7.95. The molecule has 2 N–H and O–H groups in total. The Kier molecular flexibility index (Phi) is 5.75. The van der Waals surface area contributed by atoms with Gasteiger partial charge in [0.25, 0.3) is 5.91 Å². The SMILES string of the molecule is COc1cc(C(=O)N2CC3CCC2[C@@H]3N)cc2nc(-c3cc4ccc(-c5ccc6c(c5)COC6=O)cc4n3CC3CC3)n(C)c12. The lowest BCUT2D eigenvalue weighted by Crippen LogP contribution is -2.41.